The number of rotatable bonds is 15. The van der Waals surface area contributed by atoms with Crippen molar-refractivity contribution in [2.24, 2.45) is 0 Å². The van der Waals surface area contributed by atoms with Crippen LogP contribution in [0.3, 0.4) is 0 Å². The number of anilines is 1. The summed E-state index contributed by atoms with van der Waals surface area (Å²) in [7, 11) is -7.40. The van der Waals surface area contributed by atoms with Gasteiger partial charge in [0.2, 0.25) is 5.69 Å². The smallest absolute Gasteiger partial charge is 0.425 e. The van der Waals surface area contributed by atoms with E-state index in [1.165, 1.54) is 33.7 Å². The van der Waals surface area contributed by atoms with Gasteiger partial charge in [0.25, 0.3) is 11.8 Å². The minimum Gasteiger partial charge on any atom is -0.748 e. The molecule has 3 heterocycles. The van der Waals surface area contributed by atoms with Crippen LogP contribution in [-0.2, 0) is 46.0 Å². The number of hydrogen-bond acceptors (Lipinski definition) is 12. The Kier molecular flexibility index (Phi) is 15.7. The normalized spacial score (nSPS) is 19.0. The van der Waals surface area contributed by atoms with Crippen molar-refractivity contribution in [2.45, 2.75) is 108 Å². The van der Waals surface area contributed by atoms with E-state index in [1.807, 2.05) is 24.3 Å². The summed E-state index contributed by atoms with van der Waals surface area (Å²) in [6, 6.07) is 24.1. The maximum Gasteiger partial charge on any atom is 0.425 e. The van der Waals surface area contributed by atoms with Crippen LogP contribution in [0.4, 0.5) is 11.4 Å². The number of hydroxylamine groups is 2. The van der Waals surface area contributed by atoms with Gasteiger partial charge in [0.05, 0.1) is 21.1 Å². The van der Waals surface area contributed by atoms with E-state index in [-0.39, 0.29) is 35.0 Å². The monoisotopic (exact) mass is 941 g/mol. The molecule has 1 aliphatic carbocycles. The van der Waals surface area contributed by atoms with E-state index in [0.717, 1.165) is 59.8 Å². The highest BCUT2D eigenvalue weighted by molar-refractivity contribution is 8.03. The molecule has 3 aromatic rings. The van der Waals surface area contributed by atoms with Gasteiger partial charge in [0, 0.05) is 75.9 Å². The van der Waals surface area contributed by atoms with Crippen molar-refractivity contribution in [3.63, 3.8) is 0 Å². The SMILES string of the molecule is CCCCN1/C(=C/C=C2\CCCC(/C=C/C3=[N+](CCCCS(=O)(=O)[O-])c4ccccc4C3(C)C)=C2Sc2ccc(C(=O)ON3C(=O)CCC3=O)cc2)C(C)(C)c2ccccc21.O=S(=O)=O. The molecule has 3 aromatic carbocycles. The number of hydrogen-bond donors (Lipinski definition) is 0. The first kappa shape index (κ1) is 49.0. The summed E-state index contributed by atoms with van der Waals surface area (Å²) in [6.07, 6.45) is 14.8. The molecule has 7 rings (SSSR count). The van der Waals surface area contributed by atoms with Crippen molar-refractivity contribution in [3.05, 3.63) is 136 Å². The van der Waals surface area contributed by atoms with Gasteiger partial charge < -0.3 is 14.3 Å². The van der Waals surface area contributed by atoms with Crippen molar-refractivity contribution in [3.8, 4) is 0 Å². The first-order valence-corrected chi connectivity index (χ1v) is 25.2. The lowest BCUT2D eigenvalue weighted by atomic mass is 9.81. The van der Waals surface area contributed by atoms with Gasteiger partial charge >= 0.3 is 16.6 Å². The number of unbranched alkanes of at least 4 members (excludes halogenated alkanes) is 2. The van der Waals surface area contributed by atoms with Gasteiger partial charge in [-0.05, 0) is 99.1 Å². The summed E-state index contributed by atoms with van der Waals surface area (Å²) in [6.45, 7) is 12.8. The Morgan fingerprint density at radius 1 is 0.831 bits per heavy atom. The Hall–Kier alpha value is -5.42. The molecule has 3 aliphatic heterocycles. The molecular weight excluding hydrogens is 887 g/mol. The third-order valence-electron chi connectivity index (χ3n) is 12.2. The highest BCUT2D eigenvalue weighted by Crippen LogP contribution is 2.49. The average Bonchev–Trinajstić information content (AvgIpc) is 3.77. The fraction of sp³-hybridized carbons (Fsp3) is 0.388. The van der Waals surface area contributed by atoms with Gasteiger partial charge in [0.1, 0.15) is 6.54 Å². The summed E-state index contributed by atoms with van der Waals surface area (Å²) in [5.74, 6) is -2.19. The number of benzene rings is 3. The molecular formula is C49H55N3O10S3. The van der Waals surface area contributed by atoms with Crippen molar-refractivity contribution in [2.75, 3.05) is 23.7 Å². The highest BCUT2D eigenvalue weighted by atomic mass is 32.2. The molecule has 0 radical (unpaired) electrons. The molecule has 0 bridgehead atoms. The van der Waals surface area contributed by atoms with E-state index in [0.29, 0.717) is 24.4 Å². The van der Waals surface area contributed by atoms with Gasteiger partial charge in [-0.25, -0.2) is 13.2 Å². The molecule has 13 nitrogen and oxygen atoms in total. The molecule has 65 heavy (non-hydrogen) atoms. The van der Waals surface area contributed by atoms with Crippen LogP contribution >= 0.6 is 11.8 Å². The first-order chi connectivity index (χ1) is 30.8. The van der Waals surface area contributed by atoms with Gasteiger partial charge in [-0.1, -0.05) is 87.5 Å². The van der Waals surface area contributed by atoms with Crippen LogP contribution in [0.2, 0.25) is 0 Å². The lowest BCUT2D eigenvalue weighted by Crippen LogP contribution is -2.32. The van der Waals surface area contributed by atoms with E-state index >= 15 is 0 Å². The third-order valence-corrected chi connectivity index (χ3v) is 14.2. The van der Waals surface area contributed by atoms with E-state index in [9.17, 15) is 27.4 Å². The standard InChI is InChI=1S/C49H55N3O7S2.O3S/c1-6-7-31-50-40-19-10-8-17-38(40)48(2,3)42(50)27-23-34-15-14-16-35(46(34)60-37-25-21-36(22-26-37)47(55)59-52-44(53)29-30-45(52)54)24-28-43-49(4,5)39-18-9-11-20-41(39)51(43)32-12-13-33-61(56,57)58;1-4(2)3/h8-11,17-28H,6-7,12-16,29-33H2,1-5H3;. The summed E-state index contributed by atoms with van der Waals surface area (Å²) in [5, 5.41) is 0.565. The number of carbonyl (C=O) groups excluding carboxylic acids is 3. The van der Waals surface area contributed by atoms with Crippen LogP contribution in [0, 0.1) is 0 Å². The predicted octanol–water partition coefficient (Wildman–Crippen LogP) is 8.80. The molecule has 0 saturated carbocycles. The van der Waals surface area contributed by atoms with Crippen molar-refractivity contribution in [1.82, 2.24) is 5.06 Å². The molecule has 0 aromatic heterocycles. The van der Waals surface area contributed by atoms with E-state index in [1.54, 1.807) is 23.9 Å². The second-order valence-electron chi connectivity index (χ2n) is 17.4. The second-order valence-corrected chi connectivity index (χ2v) is 20.4. The van der Waals surface area contributed by atoms with Gasteiger partial charge in [0.15, 0.2) is 5.71 Å². The molecule has 2 amide bonds. The van der Waals surface area contributed by atoms with Gasteiger partial charge in [-0.15, -0.1) is 17.7 Å². The molecule has 0 atom stereocenters. The third kappa shape index (κ3) is 11.5. The van der Waals surface area contributed by atoms with Gasteiger partial charge in [-0.3, -0.25) is 9.59 Å². The number of imide groups is 1. The molecule has 344 valence electrons. The summed E-state index contributed by atoms with van der Waals surface area (Å²) in [5.41, 5.74) is 9.34. The Labute approximate surface area is 387 Å². The number of para-hydroxylation sites is 2. The first-order valence-electron chi connectivity index (χ1n) is 21.8. The quantitative estimate of drug-likeness (QED) is 0.0613. The zero-order valence-corrected chi connectivity index (χ0v) is 39.8. The molecule has 1 saturated heterocycles. The number of allylic oxidation sites excluding steroid dienone is 7. The molecule has 0 N–H and O–H groups in total. The Morgan fingerprint density at radius 2 is 1.48 bits per heavy atom. The Balaban J connectivity index is 0.00000168. The predicted molar refractivity (Wildman–Crippen MR) is 249 cm³/mol. The molecule has 16 heteroatoms. The fourth-order valence-electron chi connectivity index (χ4n) is 8.91. The van der Waals surface area contributed by atoms with Crippen molar-refractivity contribution < 1.29 is 49.4 Å². The average molecular weight is 942 g/mol. The minimum atomic E-state index is -4.29. The second kappa shape index (κ2) is 20.8. The Bertz CT molecular complexity index is 2710. The molecule has 0 unspecified atom stereocenters. The molecule has 0 spiro atoms. The van der Waals surface area contributed by atoms with E-state index < -0.39 is 38.5 Å². The number of carbonyl (C=O) groups is 3. The number of amides is 2. The van der Waals surface area contributed by atoms with Crippen LogP contribution in [0.15, 0.2) is 124 Å². The molecule has 4 aliphatic rings. The van der Waals surface area contributed by atoms with Crippen molar-refractivity contribution in [1.29, 1.82) is 0 Å². The van der Waals surface area contributed by atoms with E-state index in [4.69, 9.17) is 17.5 Å². The largest absolute Gasteiger partial charge is 0.748 e. The van der Waals surface area contributed by atoms with Gasteiger partial charge in [-0.2, -0.15) is 4.58 Å². The van der Waals surface area contributed by atoms with Crippen molar-refractivity contribution >= 4 is 67.4 Å². The lowest BCUT2D eigenvalue weighted by molar-refractivity contribution is -0.438. The van der Waals surface area contributed by atoms with Crippen LogP contribution in [-0.4, -0.2) is 77.6 Å². The number of fused-ring (bicyclic) bond motifs is 2. The maximum absolute atomic E-state index is 13.0. The molecule has 1 fully saturated rings. The van der Waals surface area contributed by atoms with Crippen LogP contribution in [0.25, 0.3) is 0 Å². The van der Waals surface area contributed by atoms with E-state index in [2.05, 4.69) is 105 Å². The summed E-state index contributed by atoms with van der Waals surface area (Å²) in [4.78, 5) is 46.9. The lowest BCUT2D eigenvalue weighted by Gasteiger charge is -2.27. The number of thioether (sulfide) groups is 1. The summed E-state index contributed by atoms with van der Waals surface area (Å²) < 4.78 is 61.8. The minimum absolute atomic E-state index is 0.0258. The topological polar surface area (TPSA) is 178 Å². The van der Waals surface area contributed by atoms with Crippen LogP contribution < -0.4 is 4.90 Å². The summed E-state index contributed by atoms with van der Waals surface area (Å²) >= 11 is 1.65. The maximum atomic E-state index is 13.0. The van der Waals surface area contributed by atoms with Crippen LogP contribution in [0.5, 0.6) is 0 Å². The highest BCUT2D eigenvalue weighted by Gasteiger charge is 2.44. The Morgan fingerprint density at radius 3 is 2.14 bits per heavy atom. The number of nitrogens with zero attached hydrogens (tertiary/aromatic N) is 3. The zero-order chi connectivity index (χ0) is 47.1. The van der Waals surface area contributed by atoms with Crippen LogP contribution in [0.1, 0.15) is 114 Å². The zero-order valence-electron chi connectivity index (χ0n) is 37.4. The fourth-order valence-corrected chi connectivity index (χ4v) is 10.6.